The number of aromatic nitrogens is 2. The molecule has 0 saturated carbocycles. The van der Waals surface area contributed by atoms with Crippen LogP contribution >= 0.6 is 0 Å². The summed E-state index contributed by atoms with van der Waals surface area (Å²) in [7, 11) is 4.94. The second kappa shape index (κ2) is 7.78. The second-order valence-corrected chi connectivity index (χ2v) is 6.50. The molecule has 2 heterocycles. The van der Waals surface area contributed by atoms with Crippen molar-refractivity contribution in [2.75, 3.05) is 34.0 Å². The normalized spacial score (nSPS) is 16.1. The molecule has 0 aliphatic carbocycles. The Labute approximate surface area is 153 Å². The van der Waals surface area contributed by atoms with Crippen molar-refractivity contribution in [2.45, 2.75) is 18.3 Å². The molecule has 1 fully saturated rings. The van der Waals surface area contributed by atoms with Gasteiger partial charge < -0.3 is 19.5 Å². The van der Waals surface area contributed by atoms with Gasteiger partial charge in [-0.3, -0.25) is 9.48 Å². The number of carbonyl (C=O) groups is 1. The van der Waals surface area contributed by atoms with Gasteiger partial charge in [0, 0.05) is 44.0 Å². The Morgan fingerprint density at radius 1 is 1.27 bits per heavy atom. The third-order valence-electron chi connectivity index (χ3n) is 4.95. The summed E-state index contributed by atoms with van der Waals surface area (Å²) >= 11 is 0. The van der Waals surface area contributed by atoms with E-state index in [1.54, 1.807) is 25.0 Å². The van der Waals surface area contributed by atoms with Crippen LogP contribution in [0.15, 0.2) is 30.5 Å². The minimum atomic E-state index is -0.226. The molecule has 1 amide bonds. The lowest BCUT2D eigenvalue weighted by atomic mass is 9.73. The van der Waals surface area contributed by atoms with Gasteiger partial charge in [0.2, 0.25) is 5.88 Å². The van der Waals surface area contributed by atoms with E-state index in [0.717, 1.165) is 24.2 Å². The van der Waals surface area contributed by atoms with Crippen LogP contribution in [-0.4, -0.2) is 49.7 Å². The second-order valence-electron chi connectivity index (χ2n) is 6.50. The lowest BCUT2D eigenvalue weighted by molar-refractivity contribution is 0.0479. The molecule has 0 unspecified atom stereocenters. The van der Waals surface area contributed by atoms with Crippen molar-refractivity contribution >= 4 is 5.91 Å². The van der Waals surface area contributed by atoms with Crippen LogP contribution in [0.4, 0.5) is 0 Å². The molecule has 1 saturated heterocycles. The Bertz CT molecular complexity index is 766. The maximum absolute atomic E-state index is 12.7. The molecular weight excluding hydrogens is 334 g/mol. The highest BCUT2D eigenvalue weighted by atomic mass is 16.5. The van der Waals surface area contributed by atoms with Crippen molar-refractivity contribution < 1.29 is 19.0 Å². The summed E-state index contributed by atoms with van der Waals surface area (Å²) in [5, 5.41) is 7.21. The van der Waals surface area contributed by atoms with Crippen molar-refractivity contribution in [3.05, 3.63) is 41.6 Å². The predicted molar refractivity (Wildman–Crippen MR) is 96.8 cm³/mol. The first-order chi connectivity index (χ1) is 12.6. The van der Waals surface area contributed by atoms with Gasteiger partial charge in [-0.1, -0.05) is 18.2 Å². The van der Waals surface area contributed by atoms with Crippen molar-refractivity contribution in [2.24, 2.45) is 7.05 Å². The summed E-state index contributed by atoms with van der Waals surface area (Å²) < 4.78 is 17.9. The van der Waals surface area contributed by atoms with E-state index in [2.05, 4.69) is 16.5 Å². The number of benzene rings is 1. The SMILES string of the molecule is COc1ccccc1C1(CNC(=O)c2cn(C)nc2OC)CCOCC1. The number of methoxy groups -OCH3 is 2. The number of carbonyl (C=O) groups excluding carboxylic acids is 1. The Kier molecular flexibility index (Phi) is 5.46. The summed E-state index contributed by atoms with van der Waals surface area (Å²) in [6.45, 7) is 1.81. The number of nitrogens with one attached hydrogen (secondary N) is 1. The zero-order chi connectivity index (χ0) is 18.6. The van der Waals surface area contributed by atoms with Gasteiger partial charge in [0.1, 0.15) is 11.3 Å². The van der Waals surface area contributed by atoms with Crippen LogP contribution in [-0.2, 0) is 17.2 Å². The van der Waals surface area contributed by atoms with Gasteiger partial charge in [-0.15, -0.1) is 5.10 Å². The van der Waals surface area contributed by atoms with E-state index in [1.807, 2.05) is 18.2 Å². The molecule has 1 aromatic heterocycles. The molecule has 2 aromatic rings. The van der Waals surface area contributed by atoms with Crippen molar-refractivity contribution in [3.63, 3.8) is 0 Å². The van der Waals surface area contributed by atoms with Crippen molar-refractivity contribution in [1.82, 2.24) is 15.1 Å². The number of ether oxygens (including phenoxy) is 3. The molecule has 7 nitrogen and oxygen atoms in total. The average Bonchev–Trinajstić information content (AvgIpc) is 3.07. The molecule has 0 atom stereocenters. The van der Waals surface area contributed by atoms with Crippen LogP contribution in [0.3, 0.4) is 0 Å². The quantitative estimate of drug-likeness (QED) is 0.853. The van der Waals surface area contributed by atoms with E-state index in [4.69, 9.17) is 14.2 Å². The number of hydrogen-bond acceptors (Lipinski definition) is 5. The largest absolute Gasteiger partial charge is 0.496 e. The molecule has 1 aliphatic heterocycles. The van der Waals surface area contributed by atoms with Gasteiger partial charge in [0.15, 0.2) is 0 Å². The lowest BCUT2D eigenvalue weighted by Crippen LogP contribution is -2.44. The van der Waals surface area contributed by atoms with Crippen molar-refractivity contribution in [1.29, 1.82) is 0 Å². The van der Waals surface area contributed by atoms with Gasteiger partial charge in [-0.05, 0) is 18.9 Å². The minimum absolute atomic E-state index is 0.198. The predicted octanol–water partition coefficient (Wildman–Crippen LogP) is 1.92. The maximum Gasteiger partial charge on any atom is 0.258 e. The van der Waals surface area contributed by atoms with E-state index in [0.29, 0.717) is 31.2 Å². The van der Waals surface area contributed by atoms with Crippen LogP contribution < -0.4 is 14.8 Å². The fraction of sp³-hybridized carbons (Fsp3) is 0.474. The van der Waals surface area contributed by atoms with Gasteiger partial charge in [0.25, 0.3) is 5.91 Å². The fourth-order valence-corrected chi connectivity index (χ4v) is 3.51. The average molecular weight is 359 g/mol. The standard InChI is InChI=1S/C19H25N3O4/c1-22-12-14(18(21-22)25-3)17(23)20-13-19(8-10-26-11-9-19)15-6-4-5-7-16(15)24-2/h4-7,12H,8-11,13H2,1-3H3,(H,20,23). The van der Waals surface area contributed by atoms with Gasteiger partial charge >= 0.3 is 0 Å². The molecular formula is C19H25N3O4. The number of aryl methyl sites for hydroxylation is 1. The van der Waals surface area contributed by atoms with Crippen LogP contribution in [0.1, 0.15) is 28.8 Å². The molecule has 0 spiro atoms. The topological polar surface area (TPSA) is 74.6 Å². The van der Waals surface area contributed by atoms with E-state index in [1.165, 1.54) is 7.11 Å². The molecule has 140 valence electrons. The number of amides is 1. The maximum atomic E-state index is 12.7. The molecule has 3 rings (SSSR count). The summed E-state index contributed by atoms with van der Waals surface area (Å²) in [5.41, 5.74) is 1.30. The van der Waals surface area contributed by atoms with Gasteiger partial charge in [-0.2, -0.15) is 0 Å². The highest BCUT2D eigenvalue weighted by molar-refractivity contribution is 5.96. The molecule has 7 heteroatoms. The zero-order valence-corrected chi connectivity index (χ0v) is 15.4. The van der Waals surface area contributed by atoms with E-state index in [9.17, 15) is 4.79 Å². The third kappa shape index (κ3) is 3.53. The molecule has 26 heavy (non-hydrogen) atoms. The first-order valence-electron chi connectivity index (χ1n) is 8.67. The van der Waals surface area contributed by atoms with Crippen LogP contribution in [0.25, 0.3) is 0 Å². The number of para-hydroxylation sites is 1. The summed E-state index contributed by atoms with van der Waals surface area (Å²) in [6, 6.07) is 7.98. The Morgan fingerprint density at radius 3 is 2.69 bits per heavy atom. The van der Waals surface area contributed by atoms with Crippen LogP contribution in [0.5, 0.6) is 11.6 Å². The highest BCUT2D eigenvalue weighted by Gasteiger charge is 2.37. The fourth-order valence-electron chi connectivity index (χ4n) is 3.51. The number of rotatable bonds is 6. The van der Waals surface area contributed by atoms with E-state index in [-0.39, 0.29) is 11.3 Å². The molecule has 1 aromatic carbocycles. The van der Waals surface area contributed by atoms with E-state index >= 15 is 0 Å². The molecule has 1 aliphatic rings. The zero-order valence-electron chi connectivity index (χ0n) is 15.4. The number of hydrogen-bond donors (Lipinski definition) is 1. The van der Waals surface area contributed by atoms with Crippen LogP contribution in [0, 0.1) is 0 Å². The summed E-state index contributed by atoms with van der Waals surface area (Å²) in [5.74, 6) is 0.960. The Morgan fingerprint density at radius 2 is 2.00 bits per heavy atom. The summed E-state index contributed by atoms with van der Waals surface area (Å²) in [6.07, 6.45) is 3.30. The van der Waals surface area contributed by atoms with Crippen molar-refractivity contribution in [3.8, 4) is 11.6 Å². The summed E-state index contributed by atoms with van der Waals surface area (Å²) in [4.78, 5) is 12.7. The smallest absolute Gasteiger partial charge is 0.258 e. The van der Waals surface area contributed by atoms with Gasteiger partial charge in [0.05, 0.1) is 14.2 Å². The Hall–Kier alpha value is -2.54. The first kappa shape index (κ1) is 18.3. The first-order valence-corrected chi connectivity index (χ1v) is 8.67. The van der Waals surface area contributed by atoms with Crippen LogP contribution in [0.2, 0.25) is 0 Å². The third-order valence-corrected chi connectivity index (χ3v) is 4.95. The number of nitrogens with zero attached hydrogens (tertiary/aromatic N) is 2. The molecule has 1 N–H and O–H groups in total. The highest BCUT2D eigenvalue weighted by Crippen LogP contribution is 2.39. The lowest BCUT2D eigenvalue weighted by Gasteiger charge is -2.38. The van der Waals surface area contributed by atoms with Gasteiger partial charge in [-0.25, -0.2) is 0 Å². The minimum Gasteiger partial charge on any atom is -0.496 e. The van der Waals surface area contributed by atoms with E-state index < -0.39 is 0 Å². The molecule has 0 bridgehead atoms. The Balaban J connectivity index is 1.84. The molecule has 0 radical (unpaired) electrons. The monoisotopic (exact) mass is 359 g/mol.